The minimum atomic E-state index is -1.01. The fraction of sp³-hybridized carbons (Fsp3) is 0.250. The molecular weight excluding hydrogens is 232 g/mol. The summed E-state index contributed by atoms with van der Waals surface area (Å²) in [6.45, 7) is 1.63. The van der Waals surface area contributed by atoms with Gasteiger partial charge < -0.3 is 10.6 Å². The number of nitrogens with one attached hydrogen (secondary N) is 2. The number of H-pyrrole nitrogens is 1. The first kappa shape index (κ1) is 12.5. The molecule has 9 heteroatoms. The first-order chi connectivity index (χ1) is 7.95. The van der Waals surface area contributed by atoms with Crippen molar-refractivity contribution in [2.45, 2.75) is 6.92 Å². The molecule has 9 nitrogen and oxygen atoms in total. The lowest BCUT2D eigenvalue weighted by atomic mass is 10.3. The van der Waals surface area contributed by atoms with Crippen molar-refractivity contribution in [1.29, 1.82) is 0 Å². The van der Waals surface area contributed by atoms with E-state index < -0.39 is 28.8 Å². The SMILES string of the molecule is CCOC(=O)NC(=O)c1cn(N)c(=O)[nH]c1=O. The quantitative estimate of drug-likeness (QED) is 0.520. The van der Waals surface area contributed by atoms with Crippen molar-refractivity contribution in [3.8, 4) is 0 Å². The number of aromatic amines is 1. The van der Waals surface area contributed by atoms with Gasteiger partial charge in [0.25, 0.3) is 11.5 Å². The van der Waals surface area contributed by atoms with E-state index in [1.165, 1.54) is 0 Å². The number of alkyl carbamates (subject to hydrolysis) is 1. The first-order valence-electron chi connectivity index (χ1n) is 4.55. The highest BCUT2D eigenvalue weighted by atomic mass is 16.5. The van der Waals surface area contributed by atoms with Crippen LogP contribution in [0.25, 0.3) is 0 Å². The molecule has 0 aliphatic rings. The number of imide groups is 1. The lowest BCUT2D eigenvalue weighted by Gasteiger charge is -2.04. The van der Waals surface area contributed by atoms with Crippen molar-refractivity contribution in [2.75, 3.05) is 12.4 Å². The molecule has 0 radical (unpaired) electrons. The van der Waals surface area contributed by atoms with Crippen molar-refractivity contribution in [3.05, 3.63) is 32.6 Å². The standard InChI is InChI=1S/C8H10N4O5/c1-2-17-8(16)11-6(14)4-3-12(9)7(15)10-5(4)13/h3H,2,9H2,1H3,(H,10,13,15)(H,11,14,16). The summed E-state index contributed by atoms with van der Waals surface area (Å²) >= 11 is 0. The summed E-state index contributed by atoms with van der Waals surface area (Å²) in [6, 6.07) is 0. The molecule has 92 valence electrons. The third-order valence-electron chi connectivity index (χ3n) is 1.70. The van der Waals surface area contributed by atoms with Crippen molar-refractivity contribution < 1.29 is 14.3 Å². The molecule has 0 aliphatic heterocycles. The summed E-state index contributed by atoms with van der Waals surface area (Å²) in [6.07, 6.45) is -0.179. The first-order valence-corrected chi connectivity index (χ1v) is 4.55. The Kier molecular flexibility index (Phi) is 3.65. The van der Waals surface area contributed by atoms with E-state index in [4.69, 9.17) is 5.84 Å². The number of carbonyl (C=O) groups excluding carboxylic acids is 2. The molecule has 1 rings (SSSR count). The van der Waals surface area contributed by atoms with Crippen LogP contribution < -0.4 is 22.4 Å². The third-order valence-corrected chi connectivity index (χ3v) is 1.70. The zero-order valence-electron chi connectivity index (χ0n) is 8.85. The zero-order chi connectivity index (χ0) is 13.0. The number of rotatable bonds is 2. The van der Waals surface area contributed by atoms with Crippen molar-refractivity contribution in [2.24, 2.45) is 0 Å². The molecule has 1 aromatic rings. The molecule has 0 saturated heterocycles. The van der Waals surface area contributed by atoms with E-state index in [1.54, 1.807) is 12.2 Å². The highest BCUT2D eigenvalue weighted by molar-refractivity contribution is 6.02. The molecule has 2 amide bonds. The summed E-state index contributed by atoms with van der Waals surface area (Å²) in [7, 11) is 0. The summed E-state index contributed by atoms with van der Waals surface area (Å²) in [5.41, 5.74) is -2.29. The minimum Gasteiger partial charge on any atom is -0.450 e. The molecule has 17 heavy (non-hydrogen) atoms. The van der Waals surface area contributed by atoms with Gasteiger partial charge in [-0.05, 0) is 6.92 Å². The van der Waals surface area contributed by atoms with Gasteiger partial charge in [-0.25, -0.2) is 14.3 Å². The molecule has 0 aromatic carbocycles. The van der Waals surface area contributed by atoms with E-state index in [2.05, 4.69) is 4.74 Å². The van der Waals surface area contributed by atoms with Crippen LogP contribution in [0.5, 0.6) is 0 Å². The number of nitrogen functional groups attached to an aromatic ring is 1. The van der Waals surface area contributed by atoms with Gasteiger partial charge in [0.2, 0.25) is 0 Å². The van der Waals surface area contributed by atoms with E-state index in [0.29, 0.717) is 4.68 Å². The Morgan fingerprint density at radius 2 is 2.18 bits per heavy atom. The second kappa shape index (κ2) is 4.96. The summed E-state index contributed by atoms with van der Waals surface area (Å²) in [5, 5.41) is 1.79. The third kappa shape index (κ3) is 2.93. The normalized spacial score (nSPS) is 9.71. The van der Waals surface area contributed by atoms with Crippen LogP contribution in [-0.4, -0.2) is 28.3 Å². The molecule has 4 N–H and O–H groups in total. The number of ether oxygens (including phenoxy) is 1. The van der Waals surface area contributed by atoms with Crippen LogP contribution in [0.3, 0.4) is 0 Å². The van der Waals surface area contributed by atoms with Gasteiger partial charge in [-0.2, -0.15) is 0 Å². The lowest BCUT2D eigenvalue weighted by molar-refractivity contribution is 0.0922. The zero-order valence-corrected chi connectivity index (χ0v) is 8.85. The Hall–Kier alpha value is -2.58. The second-order valence-electron chi connectivity index (χ2n) is 2.88. The molecule has 0 unspecified atom stereocenters. The van der Waals surface area contributed by atoms with Gasteiger partial charge in [0, 0.05) is 6.20 Å². The Morgan fingerprint density at radius 1 is 1.53 bits per heavy atom. The summed E-state index contributed by atoms with van der Waals surface area (Å²) in [4.78, 5) is 46.3. The van der Waals surface area contributed by atoms with Gasteiger partial charge in [0.05, 0.1) is 6.61 Å². The van der Waals surface area contributed by atoms with Crippen molar-refractivity contribution in [1.82, 2.24) is 15.0 Å². The van der Waals surface area contributed by atoms with Gasteiger partial charge in [0.15, 0.2) is 0 Å². The van der Waals surface area contributed by atoms with E-state index in [-0.39, 0.29) is 6.61 Å². The van der Waals surface area contributed by atoms with E-state index in [9.17, 15) is 19.2 Å². The van der Waals surface area contributed by atoms with Crippen LogP contribution in [0.15, 0.2) is 15.8 Å². The molecule has 0 bridgehead atoms. The molecule has 0 spiro atoms. The fourth-order valence-corrected chi connectivity index (χ4v) is 0.974. The van der Waals surface area contributed by atoms with Crippen LogP contribution in [0.1, 0.15) is 17.3 Å². The number of nitrogens with two attached hydrogens (primary N) is 1. The Balaban J connectivity index is 2.98. The maximum absolute atomic E-state index is 11.4. The highest BCUT2D eigenvalue weighted by Gasteiger charge is 2.15. The summed E-state index contributed by atoms with van der Waals surface area (Å²) in [5.74, 6) is 4.14. The Labute approximate surface area is 94.2 Å². The van der Waals surface area contributed by atoms with Gasteiger partial charge in [-0.1, -0.05) is 0 Å². The molecule has 1 aromatic heterocycles. The molecular formula is C8H10N4O5. The topological polar surface area (TPSA) is 136 Å². The molecule has 0 fully saturated rings. The number of nitrogens with zero attached hydrogens (tertiary/aromatic N) is 1. The predicted molar refractivity (Wildman–Crippen MR) is 56.0 cm³/mol. The van der Waals surface area contributed by atoms with Gasteiger partial charge in [0.1, 0.15) is 5.56 Å². The molecule has 0 aliphatic carbocycles. The van der Waals surface area contributed by atoms with Crippen LogP contribution in [0.4, 0.5) is 4.79 Å². The smallest absolute Gasteiger partial charge is 0.414 e. The lowest BCUT2D eigenvalue weighted by Crippen LogP contribution is -2.41. The van der Waals surface area contributed by atoms with Gasteiger partial charge in [-0.3, -0.25) is 19.9 Å². The number of carbonyl (C=O) groups is 2. The average Bonchev–Trinajstić information content (AvgIpc) is 2.23. The van der Waals surface area contributed by atoms with Crippen molar-refractivity contribution >= 4 is 12.0 Å². The van der Waals surface area contributed by atoms with Crippen LogP contribution in [0, 0.1) is 0 Å². The average molecular weight is 242 g/mol. The van der Waals surface area contributed by atoms with E-state index >= 15 is 0 Å². The van der Waals surface area contributed by atoms with Crippen LogP contribution in [0.2, 0.25) is 0 Å². The maximum atomic E-state index is 11.4. The number of hydrogen-bond donors (Lipinski definition) is 3. The van der Waals surface area contributed by atoms with Crippen LogP contribution >= 0.6 is 0 Å². The monoisotopic (exact) mass is 242 g/mol. The van der Waals surface area contributed by atoms with Crippen LogP contribution in [-0.2, 0) is 4.74 Å². The van der Waals surface area contributed by atoms with Gasteiger partial charge >= 0.3 is 11.8 Å². The van der Waals surface area contributed by atoms with E-state index in [0.717, 1.165) is 6.20 Å². The molecule has 0 atom stereocenters. The summed E-state index contributed by atoms with van der Waals surface area (Å²) < 4.78 is 4.96. The largest absolute Gasteiger partial charge is 0.450 e. The van der Waals surface area contributed by atoms with Gasteiger partial charge in [-0.15, -0.1) is 0 Å². The fourth-order valence-electron chi connectivity index (χ4n) is 0.974. The number of aromatic nitrogens is 2. The number of hydrogen-bond acceptors (Lipinski definition) is 6. The number of amides is 2. The maximum Gasteiger partial charge on any atom is 0.414 e. The predicted octanol–water partition coefficient (Wildman–Crippen LogP) is -1.86. The molecule has 0 saturated carbocycles. The minimum absolute atomic E-state index is 0.0753. The Bertz CT molecular complexity index is 558. The molecule has 1 heterocycles. The van der Waals surface area contributed by atoms with E-state index in [1.807, 2.05) is 4.98 Å². The Morgan fingerprint density at radius 3 is 2.76 bits per heavy atom. The highest BCUT2D eigenvalue weighted by Crippen LogP contribution is 1.87. The van der Waals surface area contributed by atoms with Crippen molar-refractivity contribution in [3.63, 3.8) is 0 Å². The second-order valence-corrected chi connectivity index (χ2v) is 2.88.